The van der Waals surface area contributed by atoms with E-state index >= 15 is 0 Å². The van der Waals surface area contributed by atoms with Crippen LogP contribution in [0, 0.1) is 18.6 Å². The maximum atomic E-state index is 13.6. The Labute approximate surface area is 127 Å². The van der Waals surface area contributed by atoms with Crippen LogP contribution in [0.2, 0.25) is 5.02 Å². The van der Waals surface area contributed by atoms with Gasteiger partial charge in [-0.15, -0.1) is 0 Å². The minimum atomic E-state index is -0.572. The third-order valence-electron chi connectivity index (χ3n) is 3.44. The number of aromatic nitrogens is 2. The molecule has 0 saturated carbocycles. The number of nitrogens with zero attached hydrogens (tertiary/aromatic N) is 2. The molecule has 2 rings (SSSR count). The van der Waals surface area contributed by atoms with Crippen LogP contribution >= 0.6 is 11.6 Å². The van der Waals surface area contributed by atoms with Gasteiger partial charge in [0.15, 0.2) is 0 Å². The van der Waals surface area contributed by atoms with Gasteiger partial charge >= 0.3 is 0 Å². The number of nitrogens with two attached hydrogens (primary N) is 1. The maximum absolute atomic E-state index is 13.6. The first-order valence-corrected chi connectivity index (χ1v) is 7.22. The lowest BCUT2D eigenvalue weighted by atomic mass is 10.0. The number of hydrogen-bond acceptors (Lipinski definition) is 2. The highest BCUT2D eigenvalue weighted by Gasteiger charge is 2.18. The first-order valence-electron chi connectivity index (χ1n) is 6.84. The van der Waals surface area contributed by atoms with Crippen molar-refractivity contribution in [1.29, 1.82) is 0 Å². The molecular formula is C15H18ClF2N3. The molecule has 6 heteroatoms. The SMILES string of the molecule is CCn1nc(C)c(Cl)c1CC(N)Cc1c(F)cccc1F. The van der Waals surface area contributed by atoms with Gasteiger partial charge in [-0.05, 0) is 32.4 Å². The Balaban J connectivity index is 2.17. The van der Waals surface area contributed by atoms with Crippen LogP contribution in [0.1, 0.15) is 23.9 Å². The molecule has 1 aromatic heterocycles. The normalized spacial score (nSPS) is 12.7. The van der Waals surface area contributed by atoms with E-state index in [1.165, 1.54) is 18.2 Å². The van der Waals surface area contributed by atoms with E-state index in [4.69, 9.17) is 17.3 Å². The van der Waals surface area contributed by atoms with E-state index in [1.54, 1.807) is 4.68 Å². The predicted molar refractivity (Wildman–Crippen MR) is 79.4 cm³/mol. The lowest BCUT2D eigenvalue weighted by molar-refractivity contribution is 0.523. The van der Waals surface area contributed by atoms with Crippen molar-refractivity contribution >= 4 is 11.6 Å². The first-order chi connectivity index (χ1) is 9.93. The fourth-order valence-corrected chi connectivity index (χ4v) is 2.59. The molecule has 0 aliphatic rings. The minimum Gasteiger partial charge on any atom is -0.327 e. The van der Waals surface area contributed by atoms with Crippen molar-refractivity contribution in [2.75, 3.05) is 0 Å². The van der Waals surface area contributed by atoms with Gasteiger partial charge in [0, 0.05) is 24.6 Å². The van der Waals surface area contributed by atoms with Gasteiger partial charge < -0.3 is 5.73 Å². The van der Waals surface area contributed by atoms with Gasteiger partial charge in [0.1, 0.15) is 11.6 Å². The summed E-state index contributed by atoms with van der Waals surface area (Å²) >= 11 is 6.22. The highest BCUT2D eigenvalue weighted by molar-refractivity contribution is 6.31. The molecule has 2 aromatic rings. The third kappa shape index (κ3) is 3.41. The Morgan fingerprint density at radius 3 is 2.48 bits per heavy atom. The molecule has 21 heavy (non-hydrogen) atoms. The number of hydrogen-bond donors (Lipinski definition) is 1. The molecule has 0 radical (unpaired) electrons. The second-order valence-corrected chi connectivity index (χ2v) is 5.41. The van der Waals surface area contributed by atoms with Crippen LogP contribution in [-0.4, -0.2) is 15.8 Å². The lowest BCUT2D eigenvalue weighted by Gasteiger charge is -2.14. The topological polar surface area (TPSA) is 43.8 Å². The van der Waals surface area contributed by atoms with Crippen molar-refractivity contribution in [3.8, 4) is 0 Å². The Kier molecular flexibility index (Phi) is 4.96. The third-order valence-corrected chi connectivity index (χ3v) is 3.93. The minimum absolute atomic E-state index is 0.0143. The van der Waals surface area contributed by atoms with E-state index in [2.05, 4.69) is 5.10 Å². The van der Waals surface area contributed by atoms with Crippen molar-refractivity contribution in [3.63, 3.8) is 0 Å². The summed E-state index contributed by atoms with van der Waals surface area (Å²) in [5.74, 6) is -1.14. The maximum Gasteiger partial charge on any atom is 0.129 e. The number of rotatable bonds is 5. The van der Waals surface area contributed by atoms with E-state index in [9.17, 15) is 8.78 Å². The Morgan fingerprint density at radius 1 is 1.29 bits per heavy atom. The molecule has 0 aliphatic heterocycles. The van der Waals surface area contributed by atoms with Crippen molar-refractivity contribution in [2.45, 2.75) is 39.3 Å². The predicted octanol–water partition coefficient (Wildman–Crippen LogP) is 3.26. The Hall–Kier alpha value is -1.46. The average molecular weight is 314 g/mol. The summed E-state index contributed by atoms with van der Waals surface area (Å²) < 4.78 is 29.1. The molecule has 0 amide bonds. The van der Waals surface area contributed by atoms with Gasteiger partial charge in [0.25, 0.3) is 0 Å². The molecule has 0 fully saturated rings. The smallest absolute Gasteiger partial charge is 0.129 e. The number of aryl methyl sites for hydroxylation is 2. The van der Waals surface area contributed by atoms with E-state index in [0.717, 1.165) is 11.4 Å². The van der Waals surface area contributed by atoms with E-state index in [-0.39, 0.29) is 12.0 Å². The van der Waals surface area contributed by atoms with Gasteiger partial charge in [0.2, 0.25) is 0 Å². The standard InChI is InChI=1S/C15H18ClF2N3/c1-3-21-14(15(16)9(2)20-21)8-10(19)7-11-12(17)5-4-6-13(11)18/h4-6,10H,3,7-8,19H2,1-2H3. The molecule has 0 saturated heterocycles. The van der Waals surface area contributed by atoms with Crippen LogP contribution in [-0.2, 0) is 19.4 Å². The van der Waals surface area contributed by atoms with Crippen molar-refractivity contribution < 1.29 is 8.78 Å². The molecule has 1 unspecified atom stereocenters. The molecule has 0 aliphatic carbocycles. The van der Waals surface area contributed by atoms with Crippen LogP contribution in [0.3, 0.4) is 0 Å². The van der Waals surface area contributed by atoms with Crippen LogP contribution in [0.5, 0.6) is 0 Å². The average Bonchev–Trinajstić information content (AvgIpc) is 2.71. The number of halogens is 3. The van der Waals surface area contributed by atoms with Gasteiger partial charge in [-0.1, -0.05) is 17.7 Å². The molecule has 3 nitrogen and oxygen atoms in total. The molecule has 0 spiro atoms. The zero-order valence-electron chi connectivity index (χ0n) is 12.0. The summed E-state index contributed by atoms with van der Waals surface area (Å²) in [4.78, 5) is 0. The monoisotopic (exact) mass is 313 g/mol. The molecular weight excluding hydrogens is 296 g/mol. The van der Waals surface area contributed by atoms with Crippen molar-refractivity contribution in [1.82, 2.24) is 9.78 Å². The summed E-state index contributed by atoms with van der Waals surface area (Å²) in [6.07, 6.45) is 0.532. The summed E-state index contributed by atoms with van der Waals surface area (Å²) in [5.41, 5.74) is 7.60. The largest absolute Gasteiger partial charge is 0.327 e. The highest BCUT2D eigenvalue weighted by atomic mass is 35.5. The molecule has 1 aromatic carbocycles. The second-order valence-electron chi connectivity index (χ2n) is 5.03. The molecule has 1 heterocycles. The fraction of sp³-hybridized carbons (Fsp3) is 0.400. The van der Waals surface area contributed by atoms with Crippen molar-refractivity contribution in [3.05, 3.63) is 51.8 Å². The summed E-state index contributed by atoms with van der Waals surface area (Å²) in [7, 11) is 0. The van der Waals surface area contributed by atoms with Crippen LogP contribution in [0.25, 0.3) is 0 Å². The molecule has 2 N–H and O–H groups in total. The fourth-order valence-electron chi connectivity index (χ4n) is 2.37. The summed E-state index contributed by atoms with van der Waals surface area (Å²) in [6.45, 7) is 4.44. The summed E-state index contributed by atoms with van der Waals surface area (Å²) in [5, 5.41) is 4.88. The van der Waals surface area contributed by atoms with E-state index in [0.29, 0.717) is 18.0 Å². The van der Waals surface area contributed by atoms with E-state index in [1.807, 2.05) is 13.8 Å². The zero-order chi connectivity index (χ0) is 15.6. The van der Waals surface area contributed by atoms with Crippen LogP contribution in [0.4, 0.5) is 8.78 Å². The molecule has 114 valence electrons. The Bertz CT molecular complexity index is 620. The van der Waals surface area contributed by atoms with Gasteiger partial charge in [0.05, 0.1) is 16.4 Å². The highest BCUT2D eigenvalue weighted by Crippen LogP contribution is 2.22. The lowest BCUT2D eigenvalue weighted by Crippen LogP contribution is -2.28. The summed E-state index contributed by atoms with van der Waals surface area (Å²) in [6, 6.07) is 3.37. The first kappa shape index (κ1) is 15.9. The van der Waals surface area contributed by atoms with Gasteiger partial charge in [-0.2, -0.15) is 5.10 Å². The van der Waals surface area contributed by atoms with Crippen LogP contribution in [0.15, 0.2) is 18.2 Å². The van der Waals surface area contributed by atoms with E-state index < -0.39 is 17.7 Å². The van der Waals surface area contributed by atoms with Crippen LogP contribution < -0.4 is 5.73 Å². The second kappa shape index (κ2) is 6.54. The van der Waals surface area contributed by atoms with Crippen molar-refractivity contribution in [2.24, 2.45) is 5.73 Å². The zero-order valence-corrected chi connectivity index (χ0v) is 12.8. The Morgan fingerprint density at radius 2 is 1.90 bits per heavy atom. The molecule has 1 atom stereocenters. The van der Waals surface area contributed by atoms with Gasteiger partial charge in [-0.25, -0.2) is 8.78 Å². The quantitative estimate of drug-likeness (QED) is 0.921. The van der Waals surface area contributed by atoms with Gasteiger partial charge in [-0.3, -0.25) is 4.68 Å². The molecule has 0 bridgehead atoms. The number of benzene rings is 1.